The fourth-order valence-electron chi connectivity index (χ4n) is 2.51. The standard InChI is InChI=1S/C15H19FN2O3/c1-10(18-7-5-11(6-8-18)15(20)21)14(19)17-13-4-2-3-12(16)9-13/h2-4,9-11H,5-8H2,1H3,(H,17,19)(H,20,21). The first-order valence-corrected chi connectivity index (χ1v) is 7.00. The molecule has 0 aromatic heterocycles. The van der Waals surface area contributed by atoms with Gasteiger partial charge in [-0.05, 0) is 51.1 Å². The molecule has 0 aliphatic carbocycles. The predicted molar refractivity (Wildman–Crippen MR) is 76.4 cm³/mol. The molecular weight excluding hydrogens is 275 g/mol. The van der Waals surface area contributed by atoms with Crippen molar-refractivity contribution < 1.29 is 19.1 Å². The summed E-state index contributed by atoms with van der Waals surface area (Å²) in [5.74, 6) is -1.71. The van der Waals surface area contributed by atoms with Gasteiger partial charge in [-0.15, -0.1) is 0 Å². The number of nitrogens with one attached hydrogen (secondary N) is 1. The van der Waals surface area contributed by atoms with E-state index >= 15 is 0 Å². The Balaban J connectivity index is 1.90. The number of likely N-dealkylation sites (tertiary alicyclic amines) is 1. The van der Waals surface area contributed by atoms with Gasteiger partial charge in [-0.1, -0.05) is 6.07 Å². The Kier molecular flexibility index (Phi) is 4.90. The highest BCUT2D eigenvalue weighted by molar-refractivity contribution is 5.94. The van der Waals surface area contributed by atoms with Crippen molar-refractivity contribution in [3.63, 3.8) is 0 Å². The smallest absolute Gasteiger partial charge is 0.306 e. The van der Waals surface area contributed by atoms with E-state index in [2.05, 4.69) is 5.32 Å². The molecule has 2 rings (SSSR count). The summed E-state index contributed by atoms with van der Waals surface area (Å²) in [5, 5.41) is 11.6. The quantitative estimate of drug-likeness (QED) is 0.890. The Morgan fingerprint density at radius 1 is 1.38 bits per heavy atom. The van der Waals surface area contributed by atoms with Gasteiger partial charge in [0.1, 0.15) is 5.82 Å². The van der Waals surface area contributed by atoms with Crippen LogP contribution in [0.15, 0.2) is 24.3 Å². The number of hydrogen-bond donors (Lipinski definition) is 2. The Morgan fingerprint density at radius 2 is 2.05 bits per heavy atom. The van der Waals surface area contributed by atoms with E-state index in [1.165, 1.54) is 18.2 Å². The molecule has 114 valence electrons. The molecule has 1 heterocycles. The fraction of sp³-hybridized carbons (Fsp3) is 0.467. The van der Waals surface area contributed by atoms with E-state index in [9.17, 15) is 14.0 Å². The summed E-state index contributed by atoms with van der Waals surface area (Å²) < 4.78 is 13.1. The molecule has 1 aromatic rings. The van der Waals surface area contributed by atoms with Crippen LogP contribution in [0.4, 0.5) is 10.1 Å². The van der Waals surface area contributed by atoms with Gasteiger partial charge in [0.15, 0.2) is 0 Å². The van der Waals surface area contributed by atoms with Crippen LogP contribution in [0.2, 0.25) is 0 Å². The Bertz CT molecular complexity index is 527. The van der Waals surface area contributed by atoms with Crippen LogP contribution in [0.3, 0.4) is 0 Å². The third-order valence-electron chi connectivity index (χ3n) is 3.90. The van der Waals surface area contributed by atoms with Crippen molar-refractivity contribution in [3.8, 4) is 0 Å². The molecule has 1 atom stereocenters. The molecule has 0 bridgehead atoms. The summed E-state index contributed by atoms with van der Waals surface area (Å²) in [4.78, 5) is 25.0. The lowest BCUT2D eigenvalue weighted by molar-refractivity contribution is -0.143. The summed E-state index contributed by atoms with van der Waals surface area (Å²) in [7, 11) is 0. The van der Waals surface area contributed by atoms with E-state index in [0.29, 0.717) is 31.6 Å². The number of carboxylic acids is 1. The van der Waals surface area contributed by atoms with Crippen LogP contribution >= 0.6 is 0 Å². The highest BCUT2D eigenvalue weighted by atomic mass is 19.1. The van der Waals surface area contributed by atoms with Crippen molar-refractivity contribution in [1.29, 1.82) is 0 Å². The maximum absolute atomic E-state index is 13.1. The minimum atomic E-state index is -0.772. The zero-order chi connectivity index (χ0) is 15.4. The second-order valence-corrected chi connectivity index (χ2v) is 5.32. The number of hydrogen-bond acceptors (Lipinski definition) is 3. The van der Waals surface area contributed by atoms with Gasteiger partial charge in [0.05, 0.1) is 12.0 Å². The summed E-state index contributed by atoms with van der Waals surface area (Å²) in [6.45, 7) is 2.93. The zero-order valence-corrected chi connectivity index (χ0v) is 11.9. The third-order valence-corrected chi connectivity index (χ3v) is 3.90. The van der Waals surface area contributed by atoms with E-state index in [1.54, 1.807) is 13.0 Å². The van der Waals surface area contributed by atoms with Crippen molar-refractivity contribution in [2.45, 2.75) is 25.8 Å². The lowest BCUT2D eigenvalue weighted by Gasteiger charge is -2.33. The van der Waals surface area contributed by atoms with Gasteiger partial charge >= 0.3 is 5.97 Å². The second kappa shape index (κ2) is 6.67. The first-order valence-electron chi connectivity index (χ1n) is 7.00. The Hall–Kier alpha value is -1.95. The lowest BCUT2D eigenvalue weighted by atomic mass is 9.96. The van der Waals surface area contributed by atoms with Gasteiger partial charge in [0.25, 0.3) is 0 Å². The van der Waals surface area contributed by atoms with E-state index in [1.807, 2.05) is 4.90 Å². The van der Waals surface area contributed by atoms with Gasteiger partial charge in [-0.3, -0.25) is 14.5 Å². The SMILES string of the molecule is CC(C(=O)Nc1cccc(F)c1)N1CCC(C(=O)O)CC1. The Morgan fingerprint density at radius 3 is 2.62 bits per heavy atom. The molecular formula is C15H19FN2O3. The van der Waals surface area contributed by atoms with Crippen LogP contribution in [0.5, 0.6) is 0 Å². The molecule has 1 saturated heterocycles. The number of anilines is 1. The van der Waals surface area contributed by atoms with Gasteiger partial charge < -0.3 is 10.4 Å². The van der Waals surface area contributed by atoms with Crippen LogP contribution in [0, 0.1) is 11.7 Å². The molecule has 2 N–H and O–H groups in total. The largest absolute Gasteiger partial charge is 0.481 e. The van der Waals surface area contributed by atoms with Crippen LogP contribution in [-0.4, -0.2) is 41.0 Å². The third kappa shape index (κ3) is 4.01. The number of carboxylic acid groups (broad SMARTS) is 1. The van der Waals surface area contributed by atoms with Gasteiger partial charge in [0, 0.05) is 5.69 Å². The minimum absolute atomic E-state index is 0.214. The number of benzene rings is 1. The summed E-state index contributed by atoms with van der Waals surface area (Å²) in [6, 6.07) is 5.37. The van der Waals surface area contributed by atoms with Gasteiger partial charge in [-0.25, -0.2) is 4.39 Å². The van der Waals surface area contributed by atoms with Gasteiger partial charge in [0.2, 0.25) is 5.91 Å². The average Bonchev–Trinajstić information content (AvgIpc) is 2.46. The van der Waals surface area contributed by atoms with Gasteiger partial charge in [-0.2, -0.15) is 0 Å². The predicted octanol–water partition coefficient (Wildman–Crippen LogP) is 1.95. The number of nitrogens with zero attached hydrogens (tertiary/aromatic N) is 1. The highest BCUT2D eigenvalue weighted by Gasteiger charge is 2.29. The summed E-state index contributed by atoms with van der Waals surface area (Å²) >= 11 is 0. The maximum atomic E-state index is 13.1. The van der Waals surface area contributed by atoms with Crippen molar-refractivity contribution in [2.75, 3.05) is 18.4 Å². The summed E-state index contributed by atoms with van der Waals surface area (Å²) in [5.41, 5.74) is 0.423. The van der Waals surface area contributed by atoms with Crippen LogP contribution in [-0.2, 0) is 9.59 Å². The molecule has 1 aliphatic rings. The van der Waals surface area contributed by atoms with E-state index in [4.69, 9.17) is 5.11 Å². The van der Waals surface area contributed by atoms with Crippen molar-refractivity contribution in [2.24, 2.45) is 5.92 Å². The molecule has 0 spiro atoms. The van der Waals surface area contributed by atoms with Crippen LogP contribution < -0.4 is 5.32 Å². The number of halogens is 1. The number of carbonyl (C=O) groups excluding carboxylic acids is 1. The number of carbonyl (C=O) groups is 2. The molecule has 1 unspecified atom stereocenters. The monoisotopic (exact) mass is 294 g/mol. The second-order valence-electron chi connectivity index (χ2n) is 5.32. The molecule has 21 heavy (non-hydrogen) atoms. The molecule has 0 saturated carbocycles. The molecule has 1 aromatic carbocycles. The maximum Gasteiger partial charge on any atom is 0.306 e. The highest BCUT2D eigenvalue weighted by Crippen LogP contribution is 2.20. The Labute approximate surface area is 122 Å². The first-order chi connectivity index (χ1) is 9.97. The lowest BCUT2D eigenvalue weighted by Crippen LogP contribution is -2.46. The molecule has 1 fully saturated rings. The molecule has 1 aliphatic heterocycles. The number of amides is 1. The molecule has 5 nitrogen and oxygen atoms in total. The van der Waals surface area contributed by atoms with Crippen molar-refractivity contribution in [1.82, 2.24) is 4.90 Å². The number of rotatable bonds is 4. The molecule has 1 amide bonds. The van der Waals surface area contributed by atoms with Crippen molar-refractivity contribution in [3.05, 3.63) is 30.1 Å². The van der Waals surface area contributed by atoms with Crippen LogP contribution in [0.25, 0.3) is 0 Å². The average molecular weight is 294 g/mol. The van der Waals surface area contributed by atoms with E-state index in [0.717, 1.165) is 0 Å². The van der Waals surface area contributed by atoms with Crippen LogP contribution in [0.1, 0.15) is 19.8 Å². The molecule has 0 radical (unpaired) electrons. The topological polar surface area (TPSA) is 69.6 Å². The fourth-order valence-corrected chi connectivity index (χ4v) is 2.51. The van der Waals surface area contributed by atoms with Crippen molar-refractivity contribution >= 4 is 17.6 Å². The number of aliphatic carboxylic acids is 1. The first kappa shape index (κ1) is 15.4. The normalized spacial score (nSPS) is 18.2. The zero-order valence-electron chi connectivity index (χ0n) is 11.9. The number of piperidine rings is 1. The minimum Gasteiger partial charge on any atom is -0.481 e. The van der Waals surface area contributed by atoms with E-state index in [-0.39, 0.29) is 17.9 Å². The molecule has 6 heteroatoms. The summed E-state index contributed by atoms with van der Waals surface area (Å²) in [6.07, 6.45) is 1.10. The van der Waals surface area contributed by atoms with E-state index < -0.39 is 11.8 Å².